The molecule has 0 radical (unpaired) electrons. The van der Waals surface area contributed by atoms with E-state index in [0.29, 0.717) is 11.4 Å². The molecular formula is C14H15N3NaO3S+. The zero-order chi connectivity index (χ0) is 15.5. The Morgan fingerprint density at radius 3 is 1.64 bits per heavy atom. The van der Waals surface area contributed by atoms with Crippen LogP contribution in [0.5, 0.6) is 0 Å². The van der Waals surface area contributed by atoms with Gasteiger partial charge in [0.15, 0.2) is 0 Å². The minimum absolute atomic E-state index is 0. The van der Waals surface area contributed by atoms with E-state index in [2.05, 4.69) is 10.2 Å². The van der Waals surface area contributed by atoms with E-state index in [9.17, 15) is 8.42 Å². The van der Waals surface area contributed by atoms with E-state index in [1.165, 1.54) is 24.3 Å². The van der Waals surface area contributed by atoms with Crippen molar-refractivity contribution in [1.82, 2.24) is 0 Å². The maximum Gasteiger partial charge on any atom is 1.00 e. The predicted octanol–water partition coefficient (Wildman–Crippen LogP) is 0.419. The fraction of sp³-hybridized carbons (Fsp3) is 0.143. The summed E-state index contributed by atoms with van der Waals surface area (Å²) >= 11 is 0. The van der Waals surface area contributed by atoms with Crippen LogP contribution in [-0.4, -0.2) is 27.1 Å². The van der Waals surface area contributed by atoms with E-state index in [-0.39, 0.29) is 34.5 Å². The van der Waals surface area contributed by atoms with Gasteiger partial charge >= 0.3 is 29.6 Å². The maximum absolute atomic E-state index is 10.9. The Bertz CT molecular complexity index is 742. The van der Waals surface area contributed by atoms with Gasteiger partial charge in [-0.3, -0.25) is 4.55 Å². The number of nitrogens with zero attached hydrogens (tertiary/aromatic N) is 3. The Morgan fingerprint density at radius 1 is 0.864 bits per heavy atom. The molecule has 1 N–H and O–H groups in total. The molecule has 2 aromatic rings. The van der Waals surface area contributed by atoms with Gasteiger partial charge in [0, 0.05) is 19.8 Å². The number of anilines is 1. The summed E-state index contributed by atoms with van der Waals surface area (Å²) in [4.78, 5) is 1.81. The molecule has 2 aromatic carbocycles. The number of azo groups is 1. The van der Waals surface area contributed by atoms with Crippen LogP contribution in [-0.2, 0) is 10.1 Å². The minimum Gasteiger partial charge on any atom is -0.378 e. The Morgan fingerprint density at radius 2 is 1.27 bits per heavy atom. The van der Waals surface area contributed by atoms with Crippen molar-refractivity contribution in [2.75, 3.05) is 19.0 Å². The van der Waals surface area contributed by atoms with Gasteiger partial charge in [-0.05, 0) is 48.5 Å². The zero-order valence-electron chi connectivity index (χ0n) is 12.6. The molecular weight excluding hydrogens is 313 g/mol. The van der Waals surface area contributed by atoms with Crippen LogP contribution in [0.2, 0.25) is 0 Å². The second kappa shape index (κ2) is 7.85. The third-order valence-corrected chi connectivity index (χ3v) is 3.65. The molecule has 0 atom stereocenters. The number of hydrogen-bond donors (Lipinski definition) is 1. The molecule has 0 aromatic heterocycles. The molecule has 6 nitrogen and oxygen atoms in total. The average Bonchev–Trinajstić information content (AvgIpc) is 2.45. The fourth-order valence-electron chi connectivity index (χ4n) is 1.62. The molecule has 0 bridgehead atoms. The van der Waals surface area contributed by atoms with Gasteiger partial charge < -0.3 is 4.90 Å². The summed E-state index contributed by atoms with van der Waals surface area (Å²) in [5, 5.41) is 8.07. The number of hydrogen-bond acceptors (Lipinski definition) is 5. The summed E-state index contributed by atoms with van der Waals surface area (Å²) in [6.45, 7) is 0. The van der Waals surface area contributed by atoms with E-state index in [1.54, 1.807) is 0 Å². The molecule has 0 aliphatic heterocycles. The van der Waals surface area contributed by atoms with Crippen LogP contribution in [0.15, 0.2) is 63.7 Å². The molecule has 0 aliphatic rings. The van der Waals surface area contributed by atoms with Gasteiger partial charge in [-0.15, -0.1) is 0 Å². The molecule has 0 spiro atoms. The molecule has 22 heavy (non-hydrogen) atoms. The third kappa shape index (κ3) is 5.19. The predicted molar refractivity (Wildman–Crippen MR) is 81.2 cm³/mol. The third-order valence-electron chi connectivity index (χ3n) is 2.78. The number of rotatable bonds is 4. The summed E-state index contributed by atoms with van der Waals surface area (Å²) in [6.07, 6.45) is 0. The second-order valence-corrected chi connectivity index (χ2v) is 6.00. The Labute approximate surface area is 151 Å². The summed E-state index contributed by atoms with van der Waals surface area (Å²) in [5.74, 6) is 0. The van der Waals surface area contributed by atoms with Crippen molar-refractivity contribution in [1.29, 1.82) is 0 Å². The second-order valence-electron chi connectivity index (χ2n) is 4.58. The Balaban J connectivity index is 0.00000242. The van der Waals surface area contributed by atoms with E-state index in [0.717, 1.165) is 5.69 Å². The molecule has 0 aliphatic carbocycles. The largest absolute Gasteiger partial charge is 1.00 e. The van der Waals surface area contributed by atoms with Gasteiger partial charge in [-0.25, -0.2) is 0 Å². The van der Waals surface area contributed by atoms with E-state index in [4.69, 9.17) is 4.55 Å². The number of benzene rings is 2. The molecule has 0 amide bonds. The molecule has 0 fully saturated rings. The van der Waals surface area contributed by atoms with E-state index in [1.807, 2.05) is 43.3 Å². The smallest absolute Gasteiger partial charge is 0.378 e. The fourth-order valence-corrected chi connectivity index (χ4v) is 2.10. The molecule has 110 valence electrons. The molecule has 0 unspecified atom stereocenters. The summed E-state index contributed by atoms with van der Waals surface area (Å²) in [6, 6.07) is 13.0. The first-order valence-electron chi connectivity index (χ1n) is 6.13. The minimum atomic E-state index is -4.18. The van der Waals surface area contributed by atoms with Crippen molar-refractivity contribution in [3.8, 4) is 0 Å². The first kappa shape index (κ1) is 18.8. The van der Waals surface area contributed by atoms with Crippen molar-refractivity contribution in [2.24, 2.45) is 10.2 Å². The van der Waals surface area contributed by atoms with E-state index < -0.39 is 10.1 Å². The molecule has 0 saturated heterocycles. The van der Waals surface area contributed by atoms with E-state index >= 15 is 0 Å². The molecule has 0 saturated carbocycles. The summed E-state index contributed by atoms with van der Waals surface area (Å²) < 4.78 is 30.7. The first-order chi connectivity index (χ1) is 9.86. The molecule has 2 rings (SSSR count). The molecule has 0 heterocycles. The standard InChI is InChI=1S/C14H15N3O3S.Na/c1-17(2)13-7-3-11(4-8-13)15-16-12-5-9-14(10-6-12)21(18,19)20;/h3-10H,1-2H3,(H,18,19,20);/q;+1. The van der Waals surface area contributed by atoms with Gasteiger partial charge in [0.05, 0.1) is 16.3 Å². The first-order valence-corrected chi connectivity index (χ1v) is 7.57. The van der Waals surface area contributed by atoms with Crippen LogP contribution in [0, 0.1) is 0 Å². The van der Waals surface area contributed by atoms with Crippen LogP contribution >= 0.6 is 0 Å². The maximum atomic E-state index is 10.9. The summed E-state index contributed by atoms with van der Waals surface area (Å²) in [7, 11) is -0.273. The van der Waals surface area contributed by atoms with Crippen LogP contribution in [0.1, 0.15) is 0 Å². The van der Waals surface area contributed by atoms with Crippen LogP contribution in [0.25, 0.3) is 0 Å². The summed E-state index contributed by atoms with van der Waals surface area (Å²) in [5.41, 5.74) is 2.25. The van der Waals surface area contributed by atoms with Crippen LogP contribution in [0.3, 0.4) is 0 Å². The van der Waals surface area contributed by atoms with Crippen LogP contribution in [0.4, 0.5) is 17.1 Å². The monoisotopic (exact) mass is 328 g/mol. The van der Waals surface area contributed by atoms with Crippen molar-refractivity contribution in [2.45, 2.75) is 4.90 Å². The van der Waals surface area contributed by atoms with Crippen LogP contribution < -0.4 is 34.5 Å². The van der Waals surface area contributed by atoms with Gasteiger partial charge in [0.25, 0.3) is 10.1 Å². The topological polar surface area (TPSA) is 82.3 Å². The van der Waals surface area contributed by atoms with Crippen molar-refractivity contribution in [3.63, 3.8) is 0 Å². The average molecular weight is 328 g/mol. The Hall–Kier alpha value is -1.25. The van der Waals surface area contributed by atoms with Crippen molar-refractivity contribution < 1.29 is 42.5 Å². The van der Waals surface area contributed by atoms with Gasteiger partial charge in [0.1, 0.15) is 0 Å². The van der Waals surface area contributed by atoms with Gasteiger partial charge in [-0.2, -0.15) is 18.6 Å². The quantitative estimate of drug-likeness (QED) is 0.501. The zero-order valence-corrected chi connectivity index (χ0v) is 15.4. The van der Waals surface area contributed by atoms with Gasteiger partial charge in [-0.1, -0.05) is 0 Å². The SMILES string of the molecule is CN(C)c1ccc(N=Nc2ccc(S(=O)(=O)O)cc2)cc1.[Na+]. The van der Waals surface area contributed by atoms with Crippen molar-refractivity contribution >= 4 is 27.2 Å². The molecule has 8 heteroatoms. The van der Waals surface area contributed by atoms with Gasteiger partial charge in [0.2, 0.25) is 0 Å². The normalized spacial score (nSPS) is 11.2. The Kier molecular flexibility index (Phi) is 6.70. The van der Waals surface area contributed by atoms with Crippen molar-refractivity contribution in [3.05, 3.63) is 48.5 Å².